The SMILES string of the molecule is C#CC1(O)CCCN(C(=O)O)C1. The van der Waals surface area contributed by atoms with Crippen LogP contribution < -0.4 is 0 Å². The van der Waals surface area contributed by atoms with Crippen molar-refractivity contribution < 1.29 is 15.0 Å². The molecule has 1 rings (SSSR count). The van der Waals surface area contributed by atoms with Crippen molar-refractivity contribution in [1.82, 2.24) is 4.90 Å². The zero-order valence-electron chi connectivity index (χ0n) is 6.66. The summed E-state index contributed by atoms with van der Waals surface area (Å²) >= 11 is 0. The van der Waals surface area contributed by atoms with Gasteiger partial charge in [-0.2, -0.15) is 0 Å². The first-order valence-corrected chi connectivity index (χ1v) is 3.75. The molecule has 0 aromatic carbocycles. The van der Waals surface area contributed by atoms with Crippen LogP contribution in [0.25, 0.3) is 0 Å². The van der Waals surface area contributed by atoms with Crippen LogP contribution in [0.4, 0.5) is 4.79 Å². The molecule has 1 saturated heterocycles. The molecule has 0 aliphatic carbocycles. The molecule has 1 atom stereocenters. The predicted molar refractivity (Wildman–Crippen MR) is 42.6 cm³/mol. The molecule has 0 spiro atoms. The van der Waals surface area contributed by atoms with Crippen LogP contribution in [0, 0.1) is 12.3 Å². The number of terminal acetylenes is 1. The lowest BCUT2D eigenvalue weighted by atomic mass is 9.94. The van der Waals surface area contributed by atoms with E-state index in [2.05, 4.69) is 5.92 Å². The van der Waals surface area contributed by atoms with Crippen molar-refractivity contribution in [3.63, 3.8) is 0 Å². The highest BCUT2D eigenvalue weighted by molar-refractivity contribution is 5.65. The van der Waals surface area contributed by atoms with Gasteiger partial charge in [0.25, 0.3) is 0 Å². The summed E-state index contributed by atoms with van der Waals surface area (Å²) < 4.78 is 0. The molecule has 0 saturated carbocycles. The van der Waals surface area contributed by atoms with Crippen molar-refractivity contribution in [3.05, 3.63) is 0 Å². The topological polar surface area (TPSA) is 60.8 Å². The molecule has 0 aromatic heterocycles. The molecule has 4 heteroatoms. The Hall–Kier alpha value is -1.21. The van der Waals surface area contributed by atoms with Crippen LogP contribution in [0.1, 0.15) is 12.8 Å². The lowest BCUT2D eigenvalue weighted by molar-refractivity contribution is 0.0195. The number of hydrogen-bond acceptors (Lipinski definition) is 2. The highest BCUT2D eigenvalue weighted by Crippen LogP contribution is 2.19. The Kier molecular flexibility index (Phi) is 2.25. The van der Waals surface area contributed by atoms with Crippen molar-refractivity contribution in [1.29, 1.82) is 0 Å². The van der Waals surface area contributed by atoms with Gasteiger partial charge in [0.1, 0.15) is 5.60 Å². The minimum absolute atomic E-state index is 0.0266. The Morgan fingerprint density at radius 3 is 2.83 bits per heavy atom. The highest BCUT2D eigenvalue weighted by Gasteiger charge is 2.33. The van der Waals surface area contributed by atoms with Crippen molar-refractivity contribution in [2.75, 3.05) is 13.1 Å². The van der Waals surface area contributed by atoms with Crippen molar-refractivity contribution in [3.8, 4) is 12.3 Å². The van der Waals surface area contributed by atoms with Gasteiger partial charge in [0.2, 0.25) is 0 Å². The summed E-state index contributed by atoms with van der Waals surface area (Å²) in [5.74, 6) is 2.22. The van der Waals surface area contributed by atoms with E-state index in [1.165, 1.54) is 0 Å². The van der Waals surface area contributed by atoms with Gasteiger partial charge in [-0.3, -0.25) is 0 Å². The standard InChI is InChI=1S/C8H11NO3/c1-2-8(12)4-3-5-9(6-8)7(10)11/h1,12H,3-6H2,(H,10,11). The summed E-state index contributed by atoms with van der Waals surface area (Å²) in [6.45, 7) is 0.484. The molecule has 0 bridgehead atoms. The number of carbonyl (C=O) groups is 1. The van der Waals surface area contributed by atoms with E-state index in [4.69, 9.17) is 11.5 Å². The Balaban J connectivity index is 2.64. The fourth-order valence-corrected chi connectivity index (χ4v) is 1.32. The zero-order chi connectivity index (χ0) is 9.19. The number of hydrogen-bond donors (Lipinski definition) is 2. The third kappa shape index (κ3) is 1.69. The summed E-state index contributed by atoms with van der Waals surface area (Å²) in [7, 11) is 0. The third-order valence-corrected chi connectivity index (χ3v) is 2.01. The fourth-order valence-electron chi connectivity index (χ4n) is 1.32. The number of aliphatic hydroxyl groups is 1. The minimum atomic E-state index is -1.25. The Morgan fingerprint density at radius 1 is 1.67 bits per heavy atom. The quantitative estimate of drug-likeness (QED) is 0.506. The van der Waals surface area contributed by atoms with Gasteiger partial charge in [-0.25, -0.2) is 4.79 Å². The van der Waals surface area contributed by atoms with E-state index in [-0.39, 0.29) is 6.54 Å². The van der Waals surface area contributed by atoms with E-state index in [1.807, 2.05) is 0 Å². The first kappa shape index (κ1) is 8.88. The summed E-state index contributed by atoms with van der Waals surface area (Å²) in [5, 5.41) is 18.2. The van der Waals surface area contributed by atoms with Gasteiger partial charge < -0.3 is 15.1 Å². The van der Waals surface area contributed by atoms with Crippen LogP contribution in [-0.2, 0) is 0 Å². The molecule has 12 heavy (non-hydrogen) atoms. The largest absolute Gasteiger partial charge is 0.465 e. The number of rotatable bonds is 0. The average Bonchev–Trinajstić information content (AvgIpc) is 2.05. The second kappa shape index (κ2) is 3.03. The first-order chi connectivity index (χ1) is 5.57. The summed E-state index contributed by atoms with van der Waals surface area (Å²) in [6, 6.07) is 0. The van der Waals surface area contributed by atoms with Gasteiger partial charge in [0, 0.05) is 6.54 Å². The molecule has 4 nitrogen and oxygen atoms in total. The lowest BCUT2D eigenvalue weighted by Gasteiger charge is -2.34. The molecule has 1 aliphatic heterocycles. The van der Waals surface area contributed by atoms with Crippen LogP contribution in [-0.4, -0.2) is 39.9 Å². The molecule has 0 aromatic rings. The van der Waals surface area contributed by atoms with Gasteiger partial charge in [-0.05, 0) is 12.8 Å². The highest BCUT2D eigenvalue weighted by atomic mass is 16.4. The Bertz CT molecular complexity index is 233. The van der Waals surface area contributed by atoms with Crippen molar-refractivity contribution in [2.45, 2.75) is 18.4 Å². The van der Waals surface area contributed by atoms with Crippen molar-refractivity contribution >= 4 is 6.09 Å². The maximum Gasteiger partial charge on any atom is 0.407 e. The maximum absolute atomic E-state index is 10.5. The normalized spacial score (nSPS) is 29.5. The van der Waals surface area contributed by atoms with Crippen LogP contribution in [0.3, 0.4) is 0 Å². The second-order valence-corrected chi connectivity index (χ2v) is 2.98. The Morgan fingerprint density at radius 2 is 2.33 bits per heavy atom. The fraction of sp³-hybridized carbons (Fsp3) is 0.625. The third-order valence-electron chi connectivity index (χ3n) is 2.01. The number of carboxylic acid groups (broad SMARTS) is 1. The minimum Gasteiger partial charge on any atom is -0.465 e. The summed E-state index contributed by atoms with van der Waals surface area (Å²) in [6.07, 6.45) is 5.15. The molecule has 2 N–H and O–H groups in total. The van der Waals surface area contributed by atoms with Crippen LogP contribution in [0.15, 0.2) is 0 Å². The van der Waals surface area contributed by atoms with Crippen LogP contribution >= 0.6 is 0 Å². The van der Waals surface area contributed by atoms with Gasteiger partial charge in [0.15, 0.2) is 0 Å². The molecule has 0 radical (unpaired) electrons. The number of β-amino-alcohol motifs (C(OH)–C–C–N with tert-alkyl or cyclic N) is 1. The number of piperidine rings is 1. The summed E-state index contributed by atoms with van der Waals surface area (Å²) in [4.78, 5) is 11.6. The number of likely N-dealkylation sites (tertiary alicyclic amines) is 1. The number of amides is 1. The van der Waals surface area contributed by atoms with Crippen molar-refractivity contribution in [2.24, 2.45) is 0 Å². The molecule has 1 amide bonds. The van der Waals surface area contributed by atoms with Gasteiger partial charge >= 0.3 is 6.09 Å². The molecule has 1 fully saturated rings. The van der Waals surface area contributed by atoms with E-state index in [1.54, 1.807) is 0 Å². The van der Waals surface area contributed by atoms with Gasteiger partial charge in [-0.15, -0.1) is 6.42 Å². The van der Waals surface area contributed by atoms with E-state index in [0.717, 1.165) is 4.90 Å². The second-order valence-electron chi connectivity index (χ2n) is 2.98. The number of nitrogens with zero attached hydrogens (tertiary/aromatic N) is 1. The maximum atomic E-state index is 10.5. The van der Waals surface area contributed by atoms with E-state index < -0.39 is 11.7 Å². The lowest BCUT2D eigenvalue weighted by Crippen LogP contribution is -2.49. The monoisotopic (exact) mass is 169 g/mol. The molecular weight excluding hydrogens is 158 g/mol. The molecule has 1 aliphatic rings. The zero-order valence-corrected chi connectivity index (χ0v) is 6.66. The van der Waals surface area contributed by atoms with Gasteiger partial charge in [-0.1, -0.05) is 5.92 Å². The molecular formula is C8H11NO3. The Labute approximate surface area is 70.8 Å². The molecule has 66 valence electrons. The molecule has 1 heterocycles. The summed E-state index contributed by atoms with van der Waals surface area (Å²) in [5.41, 5.74) is -1.25. The van der Waals surface area contributed by atoms with Gasteiger partial charge in [0.05, 0.1) is 6.54 Å². The molecule has 1 unspecified atom stereocenters. The average molecular weight is 169 g/mol. The van der Waals surface area contributed by atoms with Crippen LogP contribution in [0.2, 0.25) is 0 Å². The van der Waals surface area contributed by atoms with E-state index in [9.17, 15) is 9.90 Å². The first-order valence-electron chi connectivity index (χ1n) is 3.75. The predicted octanol–water partition coefficient (Wildman–Crippen LogP) is 0.125. The van der Waals surface area contributed by atoms with Crippen LogP contribution in [0.5, 0.6) is 0 Å². The van der Waals surface area contributed by atoms with E-state index >= 15 is 0 Å². The van der Waals surface area contributed by atoms with E-state index in [0.29, 0.717) is 19.4 Å². The smallest absolute Gasteiger partial charge is 0.407 e.